The second-order valence-corrected chi connectivity index (χ2v) is 4.91. The number of rotatable bonds is 4. The second-order valence-electron chi connectivity index (χ2n) is 3.99. The van der Waals surface area contributed by atoms with E-state index in [1.807, 2.05) is 12.1 Å². The van der Waals surface area contributed by atoms with Crippen LogP contribution in [0.15, 0.2) is 47.2 Å². The summed E-state index contributed by atoms with van der Waals surface area (Å²) in [7, 11) is 0. The number of nitrogens with one attached hydrogen (secondary N) is 1. The van der Waals surface area contributed by atoms with Crippen LogP contribution in [0.2, 0.25) is 0 Å². The number of nitrogens with zero attached hydrogens (tertiary/aromatic N) is 1. The van der Waals surface area contributed by atoms with E-state index in [4.69, 9.17) is 5.84 Å². The Bertz CT molecular complexity index is 533. The van der Waals surface area contributed by atoms with Gasteiger partial charge in [-0.05, 0) is 51.7 Å². The molecule has 2 aromatic rings. The van der Waals surface area contributed by atoms with Crippen LogP contribution in [0.4, 0.5) is 4.39 Å². The third kappa shape index (κ3) is 3.35. The monoisotopic (exact) mass is 309 g/mol. The third-order valence-electron chi connectivity index (χ3n) is 2.65. The van der Waals surface area contributed by atoms with Gasteiger partial charge in [0.1, 0.15) is 5.82 Å². The smallest absolute Gasteiger partial charge is 0.123 e. The Morgan fingerprint density at radius 2 is 2.17 bits per heavy atom. The molecule has 0 bridgehead atoms. The first-order chi connectivity index (χ1) is 8.69. The van der Waals surface area contributed by atoms with Crippen molar-refractivity contribution in [3.8, 4) is 0 Å². The molecule has 1 aromatic heterocycles. The highest BCUT2D eigenvalue weighted by molar-refractivity contribution is 9.10. The van der Waals surface area contributed by atoms with Crippen molar-refractivity contribution in [2.45, 2.75) is 12.5 Å². The van der Waals surface area contributed by atoms with Gasteiger partial charge in [0.05, 0.1) is 6.04 Å². The minimum atomic E-state index is -0.264. The summed E-state index contributed by atoms with van der Waals surface area (Å²) < 4.78 is 14.1. The van der Waals surface area contributed by atoms with Crippen molar-refractivity contribution in [1.29, 1.82) is 0 Å². The molecule has 1 atom stereocenters. The van der Waals surface area contributed by atoms with Crippen molar-refractivity contribution < 1.29 is 4.39 Å². The van der Waals surface area contributed by atoms with Gasteiger partial charge in [-0.3, -0.25) is 16.3 Å². The number of pyridine rings is 1. The first-order valence-electron chi connectivity index (χ1n) is 5.50. The summed E-state index contributed by atoms with van der Waals surface area (Å²) in [6, 6.07) is 8.24. The Morgan fingerprint density at radius 1 is 1.33 bits per heavy atom. The van der Waals surface area contributed by atoms with Gasteiger partial charge in [-0.1, -0.05) is 12.1 Å². The maximum Gasteiger partial charge on any atom is 0.123 e. The maximum absolute atomic E-state index is 13.2. The van der Waals surface area contributed by atoms with Gasteiger partial charge in [0, 0.05) is 16.9 Å². The summed E-state index contributed by atoms with van der Waals surface area (Å²) in [5.41, 5.74) is 4.55. The SMILES string of the molecule is NNC(Cc1cncc(Br)c1)c1cccc(F)c1. The average Bonchev–Trinajstić information content (AvgIpc) is 2.36. The largest absolute Gasteiger partial charge is 0.271 e. The molecule has 1 unspecified atom stereocenters. The minimum absolute atomic E-state index is 0.142. The Hall–Kier alpha value is -1.30. The molecule has 0 saturated heterocycles. The van der Waals surface area contributed by atoms with E-state index in [9.17, 15) is 4.39 Å². The van der Waals surface area contributed by atoms with Crippen molar-refractivity contribution in [3.63, 3.8) is 0 Å². The van der Waals surface area contributed by atoms with Gasteiger partial charge >= 0.3 is 0 Å². The summed E-state index contributed by atoms with van der Waals surface area (Å²) in [6.45, 7) is 0. The molecule has 0 aliphatic carbocycles. The Kier molecular flexibility index (Phi) is 4.41. The molecule has 3 nitrogen and oxygen atoms in total. The number of hydrazine groups is 1. The Balaban J connectivity index is 2.19. The Labute approximate surface area is 113 Å². The first kappa shape index (κ1) is 13.1. The van der Waals surface area contributed by atoms with E-state index < -0.39 is 0 Å². The van der Waals surface area contributed by atoms with Crippen LogP contribution in [-0.4, -0.2) is 4.98 Å². The predicted octanol–water partition coefficient (Wildman–Crippen LogP) is 2.73. The molecule has 1 aromatic carbocycles. The van der Waals surface area contributed by atoms with Gasteiger partial charge < -0.3 is 0 Å². The number of hydrogen-bond donors (Lipinski definition) is 2. The molecule has 0 radical (unpaired) electrons. The molecular weight excluding hydrogens is 297 g/mol. The summed E-state index contributed by atoms with van der Waals surface area (Å²) >= 11 is 3.37. The van der Waals surface area contributed by atoms with Crippen LogP contribution < -0.4 is 11.3 Å². The zero-order chi connectivity index (χ0) is 13.0. The van der Waals surface area contributed by atoms with Gasteiger partial charge in [-0.2, -0.15) is 0 Å². The maximum atomic E-state index is 13.2. The number of hydrogen-bond acceptors (Lipinski definition) is 3. The minimum Gasteiger partial charge on any atom is -0.271 e. The molecule has 2 rings (SSSR count). The highest BCUT2D eigenvalue weighted by atomic mass is 79.9. The fourth-order valence-corrected chi connectivity index (χ4v) is 2.21. The van der Waals surface area contributed by atoms with E-state index in [1.165, 1.54) is 12.1 Å². The number of halogens is 2. The molecule has 0 aliphatic rings. The van der Waals surface area contributed by atoms with Gasteiger partial charge in [0.2, 0.25) is 0 Å². The van der Waals surface area contributed by atoms with E-state index in [0.717, 1.165) is 15.6 Å². The molecule has 0 saturated carbocycles. The summed E-state index contributed by atoms with van der Waals surface area (Å²) in [5.74, 6) is 5.27. The summed E-state index contributed by atoms with van der Waals surface area (Å²) in [5, 5.41) is 0. The van der Waals surface area contributed by atoms with Crippen LogP contribution in [0.5, 0.6) is 0 Å². The van der Waals surface area contributed by atoms with Gasteiger partial charge in [-0.25, -0.2) is 4.39 Å². The molecule has 5 heteroatoms. The molecule has 3 N–H and O–H groups in total. The third-order valence-corrected chi connectivity index (χ3v) is 3.09. The van der Waals surface area contributed by atoms with Crippen molar-refractivity contribution in [2.75, 3.05) is 0 Å². The lowest BCUT2D eigenvalue weighted by Crippen LogP contribution is -2.29. The van der Waals surface area contributed by atoms with Crippen molar-refractivity contribution in [2.24, 2.45) is 5.84 Å². The van der Waals surface area contributed by atoms with Gasteiger partial charge in [-0.15, -0.1) is 0 Å². The van der Waals surface area contributed by atoms with E-state index in [2.05, 4.69) is 26.3 Å². The zero-order valence-electron chi connectivity index (χ0n) is 9.61. The van der Waals surface area contributed by atoms with Crippen molar-refractivity contribution in [3.05, 3.63) is 64.1 Å². The number of aromatic nitrogens is 1. The highest BCUT2D eigenvalue weighted by Gasteiger charge is 2.11. The van der Waals surface area contributed by atoms with Gasteiger partial charge in [0.15, 0.2) is 0 Å². The second kappa shape index (κ2) is 6.04. The molecule has 0 fully saturated rings. The standard InChI is InChI=1S/C13H13BrFN3/c14-11-4-9(7-17-8-11)5-13(18-16)10-2-1-3-12(15)6-10/h1-4,6-8,13,18H,5,16H2. The predicted molar refractivity (Wildman–Crippen MR) is 72.1 cm³/mol. The fourth-order valence-electron chi connectivity index (χ4n) is 1.80. The van der Waals surface area contributed by atoms with E-state index >= 15 is 0 Å². The lowest BCUT2D eigenvalue weighted by Gasteiger charge is -2.16. The molecule has 1 heterocycles. The fraction of sp³-hybridized carbons (Fsp3) is 0.154. The molecule has 0 amide bonds. The van der Waals surface area contributed by atoms with Crippen LogP contribution in [0.3, 0.4) is 0 Å². The zero-order valence-corrected chi connectivity index (χ0v) is 11.2. The number of nitrogens with two attached hydrogens (primary N) is 1. The average molecular weight is 310 g/mol. The van der Waals surface area contributed by atoms with Crippen molar-refractivity contribution >= 4 is 15.9 Å². The summed E-state index contributed by atoms with van der Waals surface area (Å²) in [4.78, 5) is 4.09. The normalized spacial score (nSPS) is 12.4. The topological polar surface area (TPSA) is 50.9 Å². The Morgan fingerprint density at radius 3 is 2.83 bits per heavy atom. The number of benzene rings is 1. The van der Waals surface area contributed by atoms with E-state index in [-0.39, 0.29) is 11.9 Å². The highest BCUT2D eigenvalue weighted by Crippen LogP contribution is 2.19. The van der Waals surface area contributed by atoms with Gasteiger partial charge in [0.25, 0.3) is 0 Å². The molecule has 94 valence electrons. The quantitative estimate of drug-likeness (QED) is 0.674. The lowest BCUT2D eigenvalue weighted by molar-refractivity contribution is 0.544. The molecule has 18 heavy (non-hydrogen) atoms. The molecular formula is C13H13BrFN3. The van der Waals surface area contributed by atoms with Crippen LogP contribution in [0.25, 0.3) is 0 Å². The van der Waals surface area contributed by atoms with Crippen LogP contribution in [0, 0.1) is 5.82 Å². The van der Waals surface area contributed by atoms with Crippen molar-refractivity contribution in [1.82, 2.24) is 10.4 Å². The summed E-state index contributed by atoms with van der Waals surface area (Å²) in [6.07, 6.45) is 4.14. The van der Waals surface area contributed by atoms with Crippen LogP contribution in [0.1, 0.15) is 17.2 Å². The van der Waals surface area contributed by atoms with Crippen LogP contribution >= 0.6 is 15.9 Å². The molecule has 0 aliphatic heterocycles. The molecule has 0 spiro atoms. The first-order valence-corrected chi connectivity index (χ1v) is 6.29. The van der Waals surface area contributed by atoms with E-state index in [1.54, 1.807) is 18.5 Å². The van der Waals surface area contributed by atoms with E-state index in [0.29, 0.717) is 6.42 Å². The van der Waals surface area contributed by atoms with Crippen LogP contribution in [-0.2, 0) is 6.42 Å². The lowest BCUT2D eigenvalue weighted by atomic mass is 10.0.